The lowest BCUT2D eigenvalue weighted by Gasteiger charge is -2.08. The standard InChI is InChI=1S/C22H24FNO5S2/c1-15(2)16-5-11-20-17(14-22(31(27,28)29)21(20)12-6-16)4-3-13-30(25,26)24-19-9-7-18(23)8-10-19/h5-12,14-15,24H,3-4,13H2,1-2H3,(H,27,28,29). The van der Waals surface area contributed by atoms with Crippen LogP contribution in [-0.2, 0) is 26.6 Å². The van der Waals surface area contributed by atoms with E-state index >= 15 is 0 Å². The molecule has 0 atom stereocenters. The molecule has 0 spiro atoms. The van der Waals surface area contributed by atoms with Crippen LogP contribution < -0.4 is 4.72 Å². The van der Waals surface area contributed by atoms with E-state index in [1.165, 1.54) is 18.2 Å². The molecule has 0 unspecified atom stereocenters. The third-order valence-electron chi connectivity index (χ3n) is 5.01. The van der Waals surface area contributed by atoms with Crippen LogP contribution in [0.2, 0.25) is 0 Å². The number of aryl methyl sites for hydroxylation is 1. The zero-order chi connectivity index (χ0) is 22.8. The number of fused-ring (bicyclic) bond motifs is 1. The summed E-state index contributed by atoms with van der Waals surface area (Å²) in [6, 6.07) is 13.6. The van der Waals surface area contributed by atoms with Gasteiger partial charge in [0.15, 0.2) is 0 Å². The number of hydrogen-bond acceptors (Lipinski definition) is 4. The molecule has 2 aliphatic rings. The molecule has 0 bridgehead atoms. The molecule has 0 aliphatic heterocycles. The molecule has 0 saturated carbocycles. The highest BCUT2D eigenvalue weighted by Gasteiger charge is 2.23. The Kier molecular flexibility index (Phi) is 6.68. The van der Waals surface area contributed by atoms with Gasteiger partial charge in [-0.3, -0.25) is 9.27 Å². The SMILES string of the molecule is CC(C)c1ccc2c(CCCS(=O)(=O)Nc3ccc(F)cc3)cc(S(=O)(=O)O)c-2cc1. The normalized spacial score (nSPS) is 12.4. The third kappa shape index (κ3) is 5.81. The molecule has 1 aromatic rings. The number of rotatable bonds is 8. The Bertz CT molecular complexity index is 1250. The van der Waals surface area contributed by atoms with E-state index in [2.05, 4.69) is 4.72 Å². The minimum Gasteiger partial charge on any atom is -0.284 e. The summed E-state index contributed by atoms with van der Waals surface area (Å²) in [5, 5.41) is 0. The molecule has 2 aliphatic carbocycles. The van der Waals surface area contributed by atoms with Crippen LogP contribution in [0.1, 0.15) is 37.3 Å². The summed E-state index contributed by atoms with van der Waals surface area (Å²) in [6.45, 7) is 4.03. The van der Waals surface area contributed by atoms with Gasteiger partial charge in [0, 0.05) is 11.3 Å². The summed E-state index contributed by atoms with van der Waals surface area (Å²) in [4.78, 5) is -0.185. The first kappa shape index (κ1) is 23.2. The quantitative estimate of drug-likeness (QED) is 0.471. The van der Waals surface area contributed by atoms with Gasteiger partial charge < -0.3 is 0 Å². The molecular formula is C22H24FNO5S2. The summed E-state index contributed by atoms with van der Waals surface area (Å²) < 4.78 is 73.4. The van der Waals surface area contributed by atoms with Crippen molar-refractivity contribution in [3.8, 4) is 11.1 Å². The van der Waals surface area contributed by atoms with E-state index < -0.39 is 26.0 Å². The number of sulfonamides is 1. The fourth-order valence-electron chi connectivity index (χ4n) is 3.41. The summed E-state index contributed by atoms with van der Waals surface area (Å²) in [5.74, 6) is -0.430. The molecule has 0 amide bonds. The zero-order valence-electron chi connectivity index (χ0n) is 17.2. The average Bonchev–Trinajstić information content (AvgIpc) is 2.87. The van der Waals surface area contributed by atoms with Crippen molar-refractivity contribution in [2.75, 3.05) is 10.5 Å². The van der Waals surface area contributed by atoms with Gasteiger partial charge in [0.05, 0.1) is 5.75 Å². The lowest BCUT2D eigenvalue weighted by atomic mass is 10.1. The predicted octanol–water partition coefficient (Wildman–Crippen LogP) is 4.68. The predicted molar refractivity (Wildman–Crippen MR) is 119 cm³/mol. The Labute approximate surface area is 182 Å². The Morgan fingerprint density at radius 1 is 0.935 bits per heavy atom. The van der Waals surface area contributed by atoms with Crippen LogP contribution >= 0.6 is 0 Å². The first-order valence-electron chi connectivity index (χ1n) is 9.75. The number of hydrogen-bond donors (Lipinski definition) is 2. The topological polar surface area (TPSA) is 101 Å². The first-order chi connectivity index (χ1) is 14.5. The van der Waals surface area contributed by atoms with E-state index in [9.17, 15) is 25.8 Å². The summed E-state index contributed by atoms with van der Waals surface area (Å²) >= 11 is 0. The second kappa shape index (κ2) is 8.94. The molecule has 9 heteroatoms. The number of nitrogens with one attached hydrogen (secondary N) is 1. The summed E-state index contributed by atoms with van der Waals surface area (Å²) in [7, 11) is -8.09. The lowest BCUT2D eigenvalue weighted by molar-refractivity contribution is 0.483. The van der Waals surface area contributed by atoms with E-state index in [4.69, 9.17) is 0 Å². The van der Waals surface area contributed by atoms with Crippen LogP contribution in [0.3, 0.4) is 0 Å². The minimum atomic E-state index is -4.43. The third-order valence-corrected chi connectivity index (χ3v) is 7.28. The van der Waals surface area contributed by atoms with Crippen molar-refractivity contribution in [3.05, 3.63) is 71.5 Å². The van der Waals surface area contributed by atoms with Gasteiger partial charge in [-0.1, -0.05) is 38.1 Å². The molecule has 166 valence electrons. The fraction of sp³-hybridized carbons (Fsp3) is 0.273. The summed E-state index contributed by atoms with van der Waals surface area (Å²) in [6.07, 6.45) is 0.535. The molecule has 31 heavy (non-hydrogen) atoms. The Morgan fingerprint density at radius 2 is 1.55 bits per heavy atom. The number of anilines is 1. The second-order valence-electron chi connectivity index (χ2n) is 7.69. The van der Waals surface area contributed by atoms with Crippen LogP contribution in [0.25, 0.3) is 11.1 Å². The molecule has 1 aromatic carbocycles. The van der Waals surface area contributed by atoms with Gasteiger partial charge in [0.1, 0.15) is 10.7 Å². The van der Waals surface area contributed by atoms with E-state index in [-0.39, 0.29) is 28.7 Å². The van der Waals surface area contributed by atoms with E-state index in [1.807, 2.05) is 26.0 Å². The molecular weight excluding hydrogens is 441 g/mol. The van der Waals surface area contributed by atoms with Crippen molar-refractivity contribution in [2.24, 2.45) is 0 Å². The van der Waals surface area contributed by atoms with Gasteiger partial charge in [-0.05, 0) is 65.8 Å². The second-order valence-corrected chi connectivity index (χ2v) is 10.9. The maximum atomic E-state index is 13.0. The van der Waals surface area contributed by atoms with Crippen LogP contribution in [0.5, 0.6) is 0 Å². The molecule has 2 N–H and O–H groups in total. The minimum absolute atomic E-state index is 0.185. The highest BCUT2D eigenvalue weighted by Crippen LogP contribution is 2.36. The Balaban J connectivity index is 1.81. The molecule has 0 heterocycles. The molecule has 3 rings (SSSR count). The largest absolute Gasteiger partial charge is 0.295 e. The fourth-order valence-corrected chi connectivity index (χ4v) is 5.28. The van der Waals surface area contributed by atoms with E-state index in [1.54, 1.807) is 12.1 Å². The first-order valence-corrected chi connectivity index (χ1v) is 12.8. The van der Waals surface area contributed by atoms with Gasteiger partial charge >= 0.3 is 0 Å². The molecule has 0 radical (unpaired) electrons. The van der Waals surface area contributed by atoms with Crippen molar-refractivity contribution >= 4 is 25.8 Å². The smallest absolute Gasteiger partial charge is 0.284 e. The van der Waals surface area contributed by atoms with Crippen molar-refractivity contribution in [1.29, 1.82) is 0 Å². The van der Waals surface area contributed by atoms with Crippen LogP contribution in [-0.4, -0.2) is 27.1 Å². The van der Waals surface area contributed by atoms with Crippen molar-refractivity contribution < 1.29 is 25.8 Å². The highest BCUT2D eigenvalue weighted by atomic mass is 32.2. The van der Waals surface area contributed by atoms with Crippen LogP contribution in [0.15, 0.2) is 59.5 Å². The van der Waals surface area contributed by atoms with E-state index in [0.29, 0.717) is 23.1 Å². The Hall–Kier alpha value is -2.49. The van der Waals surface area contributed by atoms with Gasteiger partial charge in [0.25, 0.3) is 10.1 Å². The van der Waals surface area contributed by atoms with Crippen molar-refractivity contribution in [2.45, 2.75) is 37.5 Å². The summed E-state index contributed by atoms with van der Waals surface area (Å²) in [5.41, 5.74) is 2.97. The average molecular weight is 466 g/mol. The van der Waals surface area contributed by atoms with Crippen molar-refractivity contribution in [3.63, 3.8) is 0 Å². The lowest BCUT2D eigenvalue weighted by Crippen LogP contribution is -2.17. The van der Waals surface area contributed by atoms with Crippen LogP contribution in [0, 0.1) is 5.82 Å². The van der Waals surface area contributed by atoms with Gasteiger partial charge in [-0.15, -0.1) is 0 Å². The maximum absolute atomic E-state index is 13.0. The van der Waals surface area contributed by atoms with E-state index in [0.717, 1.165) is 17.7 Å². The van der Waals surface area contributed by atoms with Crippen LogP contribution in [0.4, 0.5) is 10.1 Å². The molecule has 0 saturated heterocycles. The monoisotopic (exact) mass is 465 g/mol. The zero-order valence-corrected chi connectivity index (χ0v) is 18.8. The molecule has 0 fully saturated rings. The maximum Gasteiger partial charge on any atom is 0.295 e. The Morgan fingerprint density at radius 3 is 2.13 bits per heavy atom. The number of halogens is 1. The van der Waals surface area contributed by atoms with Gasteiger partial charge in [-0.25, -0.2) is 12.8 Å². The van der Waals surface area contributed by atoms with Gasteiger partial charge in [0.2, 0.25) is 10.0 Å². The number of benzene rings is 1. The highest BCUT2D eigenvalue weighted by molar-refractivity contribution is 7.92. The molecule has 6 nitrogen and oxygen atoms in total. The van der Waals surface area contributed by atoms with Gasteiger partial charge in [-0.2, -0.15) is 8.42 Å². The van der Waals surface area contributed by atoms with Crippen molar-refractivity contribution in [1.82, 2.24) is 0 Å². The molecule has 0 aromatic heterocycles.